The lowest BCUT2D eigenvalue weighted by atomic mass is 9.87. The van der Waals surface area contributed by atoms with Crippen LogP contribution in [0.2, 0.25) is 0 Å². The van der Waals surface area contributed by atoms with Crippen LogP contribution < -0.4 is 4.74 Å². The van der Waals surface area contributed by atoms with Crippen molar-refractivity contribution in [3.05, 3.63) is 71.7 Å². The van der Waals surface area contributed by atoms with Gasteiger partial charge in [0.15, 0.2) is 0 Å². The van der Waals surface area contributed by atoms with Gasteiger partial charge in [0.2, 0.25) is 0 Å². The number of hydrogen-bond donors (Lipinski definition) is 1. The summed E-state index contributed by atoms with van der Waals surface area (Å²) in [5.41, 5.74) is 2.72. The minimum Gasteiger partial charge on any atom is -0.487 e. The number of pyridine rings is 1. The Morgan fingerprint density at radius 1 is 1.06 bits per heavy atom. The number of rotatable bonds is 4. The molecular weight excluding hydrogens is 393 g/mol. The van der Waals surface area contributed by atoms with Crippen molar-refractivity contribution in [2.45, 2.75) is 39.7 Å². The van der Waals surface area contributed by atoms with Crippen LogP contribution in [0.5, 0.6) is 5.75 Å². The zero-order valence-corrected chi connectivity index (χ0v) is 18.0. The monoisotopic (exact) mass is 417 g/mol. The molecule has 1 heterocycles. The van der Waals surface area contributed by atoms with E-state index >= 15 is 4.39 Å². The van der Waals surface area contributed by atoms with Gasteiger partial charge in [-0.05, 0) is 67.3 Å². The molecule has 0 aliphatic heterocycles. The molecule has 0 unspecified atom stereocenters. The van der Waals surface area contributed by atoms with Crippen molar-refractivity contribution >= 4 is 27.6 Å². The highest BCUT2D eigenvalue weighted by Crippen LogP contribution is 2.44. The highest BCUT2D eigenvalue weighted by molar-refractivity contribution is 6.08. The standard InChI is InChI=1S/C26H24FNO3/c1-15-12-16-8-5-6-9-17(16)23(19(15)13-22(29)30)24-21(31-26(2,3)4)14-20(27)18-10-7-11-28-25(18)24/h5-12,14H,13H2,1-4H3,(H,29,30). The van der Waals surface area contributed by atoms with Crippen molar-refractivity contribution in [1.82, 2.24) is 4.98 Å². The largest absolute Gasteiger partial charge is 0.487 e. The Morgan fingerprint density at radius 3 is 2.48 bits per heavy atom. The molecule has 158 valence electrons. The fourth-order valence-corrected chi connectivity index (χ4v) is 4.03. The Labute approximate surface area is 180 Å². The highest BCUT2D eigenvalue weighted by atomic mass is 19.1. The van der Waals surface area contributed by atoms with E-state index in [1.807, 2.05) is 58.0 Å². The maximum absolute atomic E-state index is 15.0. The summed E-state index contributed by atoms with van der Waals surface area (Å²) in [5.74, 6) is -1.02. The van der Waals surface area contributed by atoms with E-state index in [1.165, 1.54) is 6.07 Å². The molecule has 0 amide bonds. The molecule has 4 aromatic rings. The summed E-state index contributed by atoms with van der Waals surface area (Å²) in [7, 11) is 0. The summed E-state index contributed by atoms with van der Waals surface area (Å²) < 4.78 is 21.2. The minimum atomic E-state index is -0.933. The fraction of sp³-hybridized carbons (Fsp3) is 0.231. The number of fused-ring (bicyclic) bond motifs is 2. The minimum absolute atomic E-state index is 0.160. The second-order valence-corrected chi connectivity index (χ2v) is 8.68. The Morgan fingerprint density at radius 2 is 1.77 bits per heavy atom. The van der Waals surface area contributed by atoms with Gasteiger partial charge < -0.3 is 9.84 Å². The number of carboxylic acid groups (broad SMARTS) is 1. The third-order valence-corrected chi connectivity index (χ3v) is 5.18. The maximum atomic E-state index is 15.0. The Hall–Kier alpha value is -3.47. The highest BCUT2D eigenvalue weighted by Gasteiger charge is 2.25. The Bertz CT molecular complexity index is 1320. The molecule has 31 heavy (non-hydrogen) atoms. The molecule has 0 aliphatic carbocycles. The first kappa shape index (κ1) is 20.8. The van der Waals surface area contributed by atoms with Crippen LogP contribution in [0.15, 0.2) is 54.7 Å². The fourth-order valence-electron chi connectivity index (χ4n) is 4.03. The number of halogens is 1. The topological polar surface area (TPSA) is 59.4 Å². The first-order valence-electron chi connectivity index (χ1n) is 10.2. The van der Waals surface area contributed by atoms with Crippen LogP contribution in [0.4, 0.5) is 4.39 Å². The molecule has 0 spiro atoms. The van der Waals surface area contributed by atoms with E-state index in [0.717, 1.165) is 21.9 Å². The maximum Gasteiger partial charge on any atom is 0.307 e. The van der Waals surface area contributed by atoms with Crippen LogP contribution in [0.1, 0.15) is 31.9 Å². The van der Waals surface area contributed by atoms with E-state index in [0.29, 0.717) is 27.8 Å². The van der Waals surface area contributed by atoms with Crippen molar-refractivity contribution in [1.29, 1.82) is 0 Å². The molecule has 4 nitrogen and oxygen atoms in total. The molecule has 1 N–H and O–H groups in total. The number of benzene rings is 3. The van der Waals surface area contributed by atoms with Gasteiger partial charge in [-0.3, -0.25) is 9.78 Å². The summed E-state index contributed by atoms with van der Waals surface area (Å²) in [6, 6.07) is 14.5. The van der Waals surface area contributed by atoms with E-state index < -0.39 is 17.4 Å². The zero-order valence-electron chi connectivity index (χ0n) is 18.0. The summed E-state index contributed by atoms with van der Waals surface area (Å²) in [6.45, 7) is 7.58. The molecule has 0 fully saturated rings. The van der Waals surface area contributed by atoms with Crippen LogP contribution in [-0.2, 0) is 11.2 Å². The van der Waals surface area contributed by atoms with Crippen LogP contribution in [0, 0.1) is 12.7 Å². The second kappa shape index (κ2) is 7.65. The van der Waals surface area contributed by atoms with Gasteiger partial charge in [0.05, 0.1) is 17.5 Å². The van der Waals surface area contributed by atoms with Gasteiger partial charge in [-0.25, -0.2) is 4.39 Å². The quantitative estimate of drug-likeness (QED) is 0.423. The van der Waals surface area contributed by atoms with Gasteiger partial charge in [-0.1, -0.05) is 30.3 Å². The number of carbonyl (C=O) groups is 1. The number of aryl methyl sites for hydroxylation is 1. The molecule has 0 atom stereocenters. The van der Waals surface area contributed by atoms with Crippen molar-refractivity contribution in [2.75, 3.05) is 0 Å². The lowest BCUT2D eigenvalue weighted by Crippen LogP contribution is -2.23. The smallest absolute Gasteiger partial charge is 0.307 e. The second-order valence-electron chi connectivity index (χ2n) is 8.68. The van der Waals surface area contributed by atoms with E-state index in [2.05, 4.69) is 4.98 Å². The van der Waals surface area contributed by atoms with Crippen molar-refractivity contribution in [3.8, 4) is 16.9 Å². The SMILES string of the molecule is Cc1cc2ccccc2c(-c2c(OC(C)(C)C)cc(F)c3cccnc23)c1CC(=O)O. The van der Waals surface area contributed by atoms with Crippen LogP contribution in [0.25, 0.3) is 32.8 Å². The molecule has 5 heteroatoms. The normalized spacial score (nSPS) is 11.8. The first-order chi connectivity index (χ1) is 14.7. The molecule has 0 aliphatic rings. The predicted octanol–water partition coefficient (Wildman–Crippen LogP) is 6.31. The molecule has 0 saturated heterocycles. The molecular formula is C26H24FNO3. The van der Waals surface area contributed by atoms with E-state index in [1.54, 1.807) is 18.3 Å². The molecule has 3 aromatic carbocycles. The van der Waals surface area contributed by atoms with Crippen molar-refractivity contribution < 1.29 is 19.0 Å². The van der Waals surface area contributed by atoms with E-state index in [9.17, 15) is 9.90 Å². The third-order valence-electron chi connectivity index (χ3n) is 5.18. The lowest BCUT2D eigenvalue weighted by Gasteiger charge is -2.26. The summed E-state index contributed by atoms with van der Waals surface area (Å²) >= 11 is 0. The van der Waals surface area contributed by atoms with Gasteiger partial charge in [0.1, 0.15) is 17.2 Å². The summed E-state index contributed by atoms with van der Waals surface area (Å²) in [5, 5.41) is 11.9. The molecule has 0 bridgehead atoms. The van der Waals surface area contributed by atoms with Gasteiger partial charge in [-0.2, -0.15) is 0 Å². The zero-order chi connectivity index (χ0) is 22.3. The third kappa shape index (κ3) is 3.96. The average Bonchev–Trinajstić information content (AvgIpc) is 2.68. The predicted molar refractivity (Wildman–Crippen MR) is 121 cm³/mol. The number of aliphatic carboxylic acids is 1. The van der Waals surface area contributed by atoms with Crippen molar-refractivity contribution in [3.63, 3.8) is 0 Å². The Kier molecular flexibility index (Phi) is 5.13. The van der Waals surface area contributed by atoms with Gasteiger partial charge in [0, 0.05) is 17.6 Å². The Balaban J connectivity index is 2.22. The average molecular weight is 417 g/mol. The number of aromatic nitrogens is 1. The van der Waals surface area contributed by atoms with E-state index in [4.69, 9.17) is 4.74 Å². The number of carboxylic acids is 1. The van der Waals surface area contributed by atoms with Gasteiger partial charge in [-0.15, -0.1) is 0 Å². The molecule has 0 saturated carbocycles. The number of hydrogen-bond acceptors (Lipinski definition) is 3. The van der Waals surface area contributed by atoms with Crippen molar-refractivity contribution in [2.24, 2.45) is 0 Å². The lowest BCUT2D eigenvalue weighted by molar-refractivity contribution is -0.136. The number of nitrogens with zero attached hydrogens (tertiary/aromatic N) is 1. The van der Waals surface area contributed by atoms with Crippen LogP contribution in [-0.4, -0.2) is 21.7 Å². The summed E-state index contributed by atoms with van der Waals surface area (Å²) in [4.78, 5) is 16.3. The summed E-state index contributed by atoms with van der Waals surface area (Å²) in [6.07, 6.45) is 1.45. The number of ether oxygens (including phenoxy) is 1. The van der Waals surface area contributed by atoms with E-state index in [-0.39, 0.29) is 6.42 Å². The van der Waals surface area contributed by atoms with Crippen LogP contribution >= 0.6 is 0 Å². The molecule has 1 aromatic heterocycles. The first-order valence-corrected chi connectivity index (χ1v) is 10.2. The molecule has 0 radical (unpaired) electrons. The van der Waals surface area contributed by atoms with Crippen LogP contribution in [0.3, 0.4) is 0 Å². The van der Waals surface area contributed by atoms with Gasteiger partial charge in [0.25, 0.3) is 0 Å². The molecule has 4 rings (SSSR count). The van der Waals surface area contributed by atoms with Gasteiger partial charge >= 0.3 is 5.97 Å².